The molecule has 0 aliphatic heterocycles. The van der Waals surface area contributed by atoms with Crippen molar-refractivity contribution in [3.8, 4) is 5.75 Å². The lowest BCUT2D eigenvalue weighted by atomic mass is 10.2. The van der Waals surface area contributed by atoms with Crippen LogP contribution in [-0.2, 0) is 9.59 Å². The minimum absolute atomic E-state index is 0.00457. The average Bonchev–Trinajstić information content (AvgIpc) is 2.58. The molecule has 132 valence electrons. The summed E-state index contributed by atoms with van der Waals surface area (Å²) in [6.07, 6.45) is 0.00457. The molecule has 0 bridgehead atoms. The number of rotatable bonds is 6. The summed E-state index contributed by atoms with van der Waals surface area (Å²) in [5.41, 5.74) is 0.789. The Labute approximate surface area is 144 Å². The van der Waals surface area contributed by atoms with Crippen molar-refractivity contribution in [1.29, 1.82) is 0 Å². The van der Waals surface area contributed by atoms with E-state index in [9.17, 15) is 18.4 Å². The predicted octanol–water partition coefficient (Wildman–Crippen LogP) is 3.36. The van der Waals surface area contributed by atoms with E-state index in [4.69, 9.17) is 4.74 Å². The van der Waals surface area contributed by atoms with Crippen molar-refractivity contribution in [3.05, 3.63) is 54.1 Å². The topological polar surface area (TPSA) is 58.6 Å². The van der Waals surface area contributed by atoms with Gasteiger partial charge in [0.2, 0.25) is 11.8 Å². The number of carbonyl (C=O) groups excluding carboxylic acids is 2. The van der Waals surface area contributed by atoms with Crippen LogP contribution in [0.3, 0.4) is 0 Å². The number of benzene rings is 2. The van der Waals surface area contributed by atoms with Crippen LogP contribution in [0.1, 0.15) is 13.3 Å². The van der Waals surface area contributed by atoms with E-state index in [2.05, 4.69) is 5.32 Å². The number of ether oxygens (including phenoxy) is 1. The highest BCUT2D eigenvalue weighted by molar-refractivity contribution is 5.94. The third kappa shape index (κ3) is 5.00. The second-order valence-corrected chi connectivity index (χ2v) is 5.30. The van der Waals surface area contributed by atoms with Crippen LogP contribution in [-0.4, -0.2) is 25.5 Å². The normalized spacial score (nSPS) is 10.2. The Hall–Kier alpha value is -2.96. The number of hydrogen-bond acceptors (Lipinski definition) is 3. The van der Waals surface area contributed by atoms with Crippen molar-refractivity contribution >= 4 is 23.2 Å². The summed E-state index contributed by atoms with van der Waals surface area (Å²) in [5.74, 6) is -2.06. The van der Waals surface area contributed by atoms with Crippen molar-refractivity contribution in [2.24, 2.45) is 0 Å². The standard InChI is InChI=1S/C18H18F2N2O3/c1-12(23)22(14-5-8-16(19)17(20)11-14)10-9-18(24)21-13-3-6-15(25-2)7-4-13/h3-8,11H,9-10H2,1-2H3,(H,21,24). The number of anilines is 2. The zero-order valence-corrected chi connectivity index (χ0v) is 13.9. The molecule has 0 aromatic heterocycles. The number of nitrogens with zero attached hydrogens (tertiary/aromatic N) is 1. The molecular formula is C18H18F2N2O3. The van der Waals surface area contributed by atoms with Crippen molar-refractivity contribution < 1.29 is 23.1 Å². The molecule has 0 aliphatic rings. The Kier molecular flexibility index (Phi) is 6.05. The van der Waals surface area contributed by atoms with E-state index in [0.717, 1.165) is 12.1 Å². The van der Waals surface area contributed by atoms with E-state index >= 15 is 0 Å². The second-order valence-electron chi connectivity index (χ2n) is 5.30. The summed E-state index contributed by atoms with van der Waals surface area (Å²) in [5, 5.41) is 2.69. The average molecular weight is 348 g/mol. The zero-order valence-electron chi connectivity index (χ0n) is 13.9. The molecule has 0 unspecified atom stereocenters. The molecule has 2 rings (SSSR count). The summed E-state index contributed by atoms with van der Waals surface area (Å²) in [6, 6.07) is 9.96. The molecule has 25 heavy (non-hydrogen) atoms. The number of amides is 2. The van der Waals surface area contributed by atoms with Gasteiger partial charge in [-0.05, 0) is 36.4 Å². The molecule has 0 saturated carbocycles. The van der Waals surface area contributed by atoms with Crippen LogP contribution in [0.2, 0.25) is 0 Å². The van der Waals surface area contributed by atoms with E-state index in [1.165, 1.54) is 17.9 Å². The smallest absolute Gasteiger partial charge is 0.226 e. The van der Waals surface area contributed by atoms with Gasteiger partial charge >= 0.3 is 0 Å². The van der Waals surface area contributed by atoms with E-state index < -0.39 is 11.6 Å². The van der Waals surface area contributed by atoms with Gasteiger partial charge in [0.1, 0.15) is 5.75 Å². The molecule has 2 amide bonds. The zero-order chi connectivity index (χ0) is 18.4. The molecule has 5 nitrogen and oxygen atoms in total. The van der Waals surface area contributed by atoms with E-state index in [1.54, 1.807) is 31.4 Å². The van der Waals surface area contributed by atoms with Crippen LogP contribution in [0.4, 0.5) is 20.2 Å². The van der Waals surface area contributed by atoms with Gasteiger partial charge in [-0.1, -0.05) is 0 Å². The summed E-state index contributed by atoms with van der Waals surface area (Å²) >= 11 is 0. The van der Waals surface area contributed by atoms with Crippen molar-refractivity contribution in [2.75, 3.05) is 23.9 Å². The fourth-order valence-corrected chi connectivity index (χ4v) is 2.23. The minimum Gasteiger partial charge on any atom is -0.497 e. The highest BCUT2D eigenvalue weighted by atomic mass is 19.2. The van der Waals surface area contributed by atoms with Crippen LogP contribution >= 0.6 is 0 Å². The Morgan fingerprint density at radius 1 is 1.08 bits per heavy atom. The number of nitrogens with one attached hydrogen (secondary N) is 1. The Morgan fingerprint density at radius 2 is 1.76 bits per heavy atom. The first-order valence-corrected chi connectivity index (χ1v) is 7.57. The van der Waals surface area contributed by atoms with E-state index in [1.807, 2.05) is 0 Å². The Morgan fingerprint density at radius 3 is 2.32 bits per heavy atom. The van der Waals surface area contributed by atoms with Crippen molar-refractivity contribution in [2.45, 2.75) is 13.3 Å². The maximum atomic E-state index is 13.3. The summed E-state index contributed by atoms with van der Waals surface area (Å²) in [4.78, 5) is 25.0. The molecule has 7 heteroatoms. The fourth-order valence-electron chi connectivity index (χ4n) is 2.23. The third-order valence-electron chi connectivity index (χ3n) is 3.53. The lowest BCUT2D eigenvalue weighted by Crippen LogP contribution is -2.32. The first-order chi connectivity index (χ1) is 11.9. The van der Waals surface area contributed by atoms with Crippen LogP contribution in [0.15, 0.2) is 42.5 Å². The van der Waals surface area contributed by atoms with Gasteiger partial charge in [-0.3, -0.25) is 9.59 Å². The molecule has 0 saturated heterocycles. The summed E-state index contributed by atoms with van der Waals surface area (Å²) in [7, 11) is 1.54. The molecule has 0 aliphatic carbocycles. The van der Waals surface area contributed by atoms with Crippen molar-refractivity contribution in [3.63, 3.8) is 0 Å². The van der Waals surface area contributed by atoms with Crippen LogP contribution in [0.25, 0.3) is 0 Å². The van der Waals surface area contributed by atoms with Gasteiger partial charge in [-0.25, -0.2) is 8.78 Å². The molecule has 0 radical (unpaired) electrons. The Bertz CT molecular complexity index is 763. The van der Waals surface area contributed by atoms with Crippen LogP contribution in [0.5, 0.6) is 5.75 Å². The first kappa shape index (κ1) is 18.4. The van der Waals surface area contributed by atoms with Crippen LogP contribution < -0.4 is 15.0 Å². The monoisotopic (exact) mass is 348 g/mol. The van der Waals surface area contributed by atoms with Crippen molar-refractivity contribution in [1.82, 2.24) is 0 Å². The summed E-state index contributed by atoms with van der Waals surface area (Å²) in [6.45, 7) is 1.34. The maximum absolute atomic E-state index is 13.3. The molecule has 2 aromatic carbocycles. The maximum Gasteiger partial charge on any atom is 0.226 e. The van der Waals surface area contributed by atoms with Gasteiger partial charge < -0.3 is 15.0 Å². The number of hydrogen-bond donors (Lipinski definition) is 1. The fraction of sp³-hybridized carbons (Fsp3) is 0.222. The third-order valence-corrected chi connectivity index (χ3v) is 3.53. The number of carbonyl (C=O) groups is 2. The lowest BCUT2D eigenvalue weighted by Gasteiger charge is -2.21. The molecule has 0 fully saturated rings. The van der Waals surface area contributed by atoms with E-state index in [0.29, 0.717) is 11.4 Å². The molecular weight excluding hydrogens is 330 g/mol. The van der Waals surface area contributed by atoms with Gasteiger partial charge in [-0.2, -0.15) is 0 Å². The van der Waals surface area contributed by atoms with Crippen LogP contribution in [0, 0.1) is 11.6 Å². The highest BCUT2D eigenvalue weighted by Gasteiger charge is 2.15. The Balaban J connectivity index is 1.99. The molecule has 0 heterocycles. The quantitative estimate of drug-likeness (QED) is 0.871. The molecule has 0 atom stereocenters. The van der Waals surface area contributed by atoms with Gasteiger partial charge in [0.15, 0.2) is 11.6 Å². The minimum atomic E-state index is -1.05. The molecule has 2 aromatic rings. The lowest BCUT2D eigenvalue weighted by molar-refractivity contribution is -0.117. The summed E-state index contributed by atoms with van der Waals surface area (Å²) < 4.78 is 31.4. The SMILES string of the molecule is COc1ccc(NC(=O)CCN(C(C)=O)c2ccc(F)c(F)c2)cc1. The molecule has 0 spiro atoms. The predicted molar refractivity (Wildman–Crippen MR) is 90.6 cm³/mol. The number of halogens is 2. The largest absolute Gasteiger partial charge is 0.497 e. The first-order valence-electron chi connectivity index (χ1n) is 7.57. The molecule has 1 N–H and O–H groups in total. The number of methoxy groups -OCH3 is 1. The van der Waals surface area contributed by atoms with Gasteiger partial charge in [-0.15, -0.1) is 0 Å². The van der Waals surface area contributed by atoms with E-state index in [-0.39, 0.29) is 30.5 Å². The van der Waals surface area contributed by atoms with Gasteiger partial charge in [0.25, 0.3) is 0 Å². The van der Waals surface area contributed by atoms with Gasteiger partial charge in [0.05, 0.1) is 7.11 Å². The highest BCUT2D eigenvalue weighted by Crippen LogP contribution is 2.19. The second kappa shape index (κ2) is 8.23. The van der Waals surface area contributed by atoms with Gasteiger partial charge in [0, 0.05) is 37.3 Å².